The molecular formula is C18H32IN5O2. The van der Waals surface area contributed by atoms with Crippen LogP contribution < -0.4 is 16.0 Å². The third kappa shape index (κ3) is 7.92. The molecule has 26 heavy (non-hydrogen) atoms. The van der Waals surface area contributed by atoms with Crippen LogP contribution in [0.1, 0.15) is 63.3 Å². The molecule has 1 saturated carbocycles. The summed E-state index contributed by atoms with van der Waals surface area (Å²) in [5.41, 5.74) is 0.949. The number of nitrogens with zero attached hydrogens (tertiary/aromatic N) is 2. The van der Waals surface area contributed by atoms with Gasteiger partial charge in [-0.3, -0.25) is 9.79 Å². The lowest BCUT2D eigenvalue weighted by molar-refractivity contribution is -0.121. The number of amides is 1. The normalized spacial score (nSPS) is 15.0. The van der Waals surface area contributed by atoms with Crippen LogP contribution in [0.5, 0.6) is 0 Å². The van der Waals surface area contributed by atoms with Crippen LogP contribution in [-0.2, 0) is 11.3 Å². The maximum atomic E-state index is 11.9. The molecule has 1 fully saturated rings. The van der Waals surface area contributed by atoms with Crippen molar-refractivity contribution >= 4 is 35.8 Å². The number of aromatic nitrogens is 1. The number of carbonyl (C=O) groups is 1. The smallest absolute Gasteiger partial charge is 0.220 e. The van der Waals surface area contributed by atoms with E-state index in [1.807, 2.05) is 6.07 Å². The first-order chi connectivity index (χ1) is 12.1. The predicted octanol–water partition coefficient (Wildman–Crippen LogP) is 2.78. The highest BCUT2D eigenvalue weighted by Crippen LogP contribution is 2.27. The van der Waals surface area contributed by atoms with Crippen molar-refractivity contribution in [3.8, 4) is 0 Å². The lowest BCUT2D eigenvalue weighted by Crippen LogP contribution is -2.41. The molecule has 1 heterocycles. The number of halogens is 1. The average molecular weight is 477 g/mol. The van der Waals surface area contributed by atoms with E-state index >= 15 is 0 Å². The van der Waals surface area contributed by atoms with Crippen LogP contribution in [0.15, 0.2) is 15.6 Å². The highest BCUT2D eigenvalue weighted by atomic mass is 127. The number of hydrogen-bond donors (Lipinski definition) is 3. The van der Waals surface area contributed by atoms with Crippen molar-refractivity contribution < 1.29 is 9.32 Å². The first-order valence-electron chi connectivity index (χ1n) is 9.25. The highest BCUT2D eigenvalue weighted by Gasteiger charge is 2.17. The van der Waals surface area contributed by atoms with Gasteiger partial charge in [-0.1, -0.05) is 31.8 Å². The second-order valence-corrected chi connectivity index (χ2v) is 6.93. The molecule has 1 aromatic rings. The molecule has 0 radical (unpaired) electrons. The zero-order chi connectivity index (χ0) is 18.1. The molecule has 1 amide bonds. The number of aliphatic imine (C=N–C) groups is 1. The van der Waals surface area contributed by atoms with Gasteiger partial charge in [0, 0.05) is 32.6 Å². The topological polar surface area (TPSA) is 91.5 Å². The van der Waals surface area contributed by atoms with Crippen molar-refractivity contribution in [3.05, 3.63) is 17.5 Å². The average Bonchev–Trinajstić information content (AvgIpc) is 3.26. The number of carbonyl (C=O) groups excluding carboxylic acids is 1. The van der Waals surface area contributed by atoms with Gasteiger partial charge in [-0.15, -0.1) is 24.0 Å². The summed E-state index contributed by atoms with van der Waals surface area (Å²) < 4.78 is 5.29. The van der Waals surface area contributed by atoms with Gasteiger partial charge in [-0.2, -0.15) is 0 Å². The molecule has 0 aliphatic heterocycles. The van der Waals surface area contributed by atoms with Crippen molar-refractivity contribution in [2.24, 2.45) is 10.9 Å². The van der Waals surface area contributed by atoms with Gasteiger partial charge >= 0.3 is 0 Å². The fraction of sp³-hybridized carbons (Fsp3) is 0.722. The molecule has 3 N–H and O–H groups in total. The van der Waals surface area contributed by atoms with Crippen molar-refractivity contribution in [3.63, 3.8) is 0 Å². The Balaban J connectivity index is 0.00000338. The molecule has 1 aliphatic carbocycles. The summed E-state index contributed by atoms with van der Waals surface area (Å²) in [6, 6.07) is 1.95. The Morgan fingerprint density at radius 3 is 2.58 bits per heavy atom. The van der Waals surface area contributed by atoms with Crippen LogP contribution in [0, 0.1) is 5.92 Å². The molecule has 8 heteroatoms. The number of nitrogens with one attached hydrogen (secondary N) is 3. The first-order valence-corrected chi connectivity index (χ1v) is 9.25. The Kier molecular flexibility index (Phi) is 10.6. The number of rotatable bonds is 8. The van der Waals surface area contributed by atoms with Crippen LogP contribution in [0.3, 0.4) is 0 Å². The van der Waals surface area contributed by atoms with Crippen molar-refractivity contribution in [1.29, 1.82) is 0 Å². The Bertz CT molecular complexity index is 568. The van der Waals surface area contributed by atoms with Gasteiger partial charge in [-0.25, -0.2) is 0 Å². The van der Waals surface area contributed by atoms with E-state index in [1.165, 1.54) is 25.7 Å². The summed E-state index contributed by atoms with van der Waals surface area (Å²) >= 11 is 0. The SMILES string of the molecule is CN=C(NCCNC(=O)CC1CCCC1)NCc1cc(C(C)C)no1.I. The molecule has 0 saturated heterocycles. The fourth-order valence-corrected chi connectivity index (χ4v) is 3.01. The summed E-state index contributed by atoms with van der Waals surface area (Å²) in [6.07, 6.45) is 5.60. The van der Waals surface area contributed by atoms with Gasteiger partial charge in [-0.05, 0) is 24.7 Å². The second kappa shape index (κ2) is 12.1. The number of hydrogen-bond acceptors (Lipinski definition) is 4. The minimum atomic E-state index is 0. The van der Waals surface area contributed by atoms with E-state index in [9.17, 15) is 4.79 Å². The summed E-state index contributed by atoms with van der Waals surface area (Å²) in [7, 11) is 1.72. The van der Waals surface area contributed by atoms with Crippen LogP contribution in [-0.4, -0.2) is 37.2 Å². The minimum absolute atomic E-state index is 0. The fourth-order valence-electron chi connectivity index (χ4n) is 3.01. The third-order valence-corrected chi connectivity index (χ3v) is 4.51. The quantitative estimate of drug-likeness (QED) is 0.232. The largest absolute Gasteiger partial charge is 0.359 e. The van der Waals surface area contributed by atoms with Crippen molar-refractivity contribution in [1.82, 2.24) is 21.1 Å². The van der Waals surface area contributed by atoms with Crippen LogP contribution in [0.4, 0.5) is 0 Å². The Morgan fingerprint density at radius 2 is 1.96 bits per heavy atom. The molecule has 0 atom stereocenters. The Morgan fingerprint density at radius 1 is 1.27 bits per heavy atom. The van der Waals surface area contributed by atoms with Gasteiger partial charge in [0.25, 0.3) is 0 Å². The summed E-state index contributed by atoms with van der Waals surface area (Å²) in [6.45, 7) is 5.90. The lowest BCUT2D eigenvalue weighted by Gasteiger charge is -2.12. The molecule has 7 nitrogen and oxygen atoms in total. The van der Waals surface area contributed by atoms with Crippen LogP contribution in [0.2, 0.25) is 0 Å². The summed E-state index contributed by atoms with van der Waals surface area (Å²) in [4.78, 5) is 16.0. The van der Waals surface area contributed by atoms with Crippen LogP contribution >= 0.6 is 24.0 Å². The van der Waals surface area contributed by atoms with Gasteiger partial charge in [0.05, 0.1) is 12.2 Å². The van der Waals surface area contributed by atoms with E-state index in [2.05, 4.69) is 39.9 Å². The maximum Gasteiger partial charge on any atom is 0.220 e. The minimum Gasteiger partial charge on any atom is -0.359 e. The molecular weight excluding hydrogens is 445 g/mol. The van der Waals surface area contributed by atoms with E-state index in [4.69, 9.17) is 4.52 Å². The van der Waals surface area contributed by atoms with E-state index in [-0.39, 0.29) is 29.9 Å². The second-order valence-electron chi connectivity index (χ2n) is 6.93. The molecule has 2 rings (SSSR count). The molecule has 0 unspecified atom stereocenters. The van der Waals surface area contributed by atoms with Crippen molar-refractivity contribution in [2.45, 2.75) is 58.4 Å². The van der Waals surface area contributed by atoms with Gasteiger partial charge in [0.2, 0.25) is 5.91 Å². The van der Waals surface area contributed by atoms with Gasteiger partial charge in [0.15, 0.2) is 11.7 Å². The van der Waals surface area contributed by atoms with Crippen molar-refractivity contribution in [2.75, 3.05) is 20.1 Å². The number of guanidine groups is 1. The summed E-state index contributed by atoms with van der Waals surface area (Å²) in [5, 5.41) is 13.4. The van der Waals surface area contributed by atoms with E-state index in [1.54, 1.807) is 7.05 Å². The van der Waals surface area contributed by atoms with E-state index in [0.717, 1.165) is 11.5 Å². The molecule has 0 spiro atoms. The van der Waals surface area contributed by atoms with Gasteiger partial charge in [0.1, 0.15) is 0 Å². The lowest BCUT2D eigenvalue weighted by atomic mass is 10.0. The Labute approximate surface area is 173 Å². The molecule has 1 aromatic heterocycles. The zero-order valence-electron chi connectivity index (χ0n) is 16.0. The van der Waals surface area contributed by atoms with E-state index in [0.29, 0.717) is 43.9 Å². The summed E-state index contributed by atoms with van der Waals surface area (Å²) in [5.74, 6) is 2.53. The zero-order valence-corrected chi connectivity index (χ0v) is 18.3. The highest BCUT2D eigenvalue weighted by molar-refractivity contribution is 14.0. The molecule has 148 valence electrons. The predicted molar refractivity (Wildman–Crippen MR) is 114 cm³/mol. The monoisotopic (exact) mass is 477 g/mol. The molecule has 0 aromatic carbocycles. The van der Waals surface area contributed by atoms with E-state index < -0.39 is 0 Å². The Hall–Kier alpha value is -1.32. The standard InChI is InChI=1S/C18H31N5O2.HI/c1-13(2)16-11-15(25-23-16)12-22-18(19-3)21-9-8-20-17(24)10-14-6-4-5-7-14;/h11,13-14H,4-10,12H2,1-3H3,(H,20,24)(H2,19,21,22);1H. The molecule has 0 bridgehead atoms. The molecule has 1 aliphatic rings. The van der Waals surface area contributed by atoms with Crippen LogP contribution in [0.25, 0.3) is 0 Å². The first kappa shape index (κ1) is 22.7. The maximum absolute atomic E-state index is 11.9. The van der Waals surface area contributed by atoms with Gasteiger partial charge < -0.3 is 20.5 Å². The third-order valence-electron chi connectivity index (χ3n) is 4.51.